The van der Waals surface area contributed by atoms with Gasteiger partial charge in [0.2, 0.25) is 0 Å². The van der Waals surface area contributed by atoms with Crippen LogP contribution in [0.25, 0.3) is 0 Å². The monoisotopic (exact) mass is 348 g/mol. The summed E-state index contributed by atoms with van der Waals surface area (Å²) in [6, 6.07) is 7.24. The first-order valence-corrected chi connectivity index (χ1v) is 8.04. The van der Waals surface area contributed by atoms with Gasteiger partial charge in [0.25, 0.3) is 5.91 Å². The quantitative estimate of drug-likeness (QED) is 0.851. The molecule has 1 aromatic heterocycles. The maximum absolute atomic E-state index is 12.9. The Morgan fingerprint density at radius 3 is 2.76 bits per heavy atom. The molecule has 7 nitrogen and oxygen atoms in total. The van der Waals surface area contributed by atoms with Crippen LogP contribution < -0.4 is 10.5 Å². The number of likely N-dealkylation sites (tertiary alicyclic amines) is 1. The second-order valence-corrected chi connectivity index (χ2v) is 6.00. The standard InChI is InChI=1S/C17H21FN4O3/c1-24-15-8-13(9-21-7-6-16(19)20-21)22(10-15)17(23)11-25-14-4-2-12(18)3-5-14/h2-7,13,15H,8-11H2,1H3,(H2,19,20)/t13-,15+/m0/s1. The minimum atomic E-state index is -0.347. The number of ether oxygens (including phenoxy) is 2. The average Bonchev–Trinajstić information content (AvgIpc) is 3.20. The number of hydrogen-bond acceptors (Lipinski definition) is 5. The van der Waals surface area contributed by atoms with Gasteiger partial charge in [-0.2, -0.15) is 5.10 Å². The first kappa shape index (κ1) is 17.2. The summed E-state index contributed by atoms with van der Waals surface area (Å²) in [4.78, 5) is 14.3. The Bertz CT molecular complexity index is 719. The fourth-order valence-corrected chi connectivity index (χ4v) is 2.98. The molecule has 1 aliphatic rings. The van der Waals surface area contributed by atoms with Gasteiger partial charge in [0.15, 0.2) is 6.61 Å². The number of methoxy groups -OCH3 is 1. The van der Waals surface area contributed by atoms with Crippen LogP contribution in [0.2, 0.25) is 0 Å². The van der Waals surface area contributed by atoms with Gasteiger partial charge in [-0.05, 0) is 36.8 Å². The van der Waals surface area contributed by atoms with E-state index in [0.29, 0.717) is 24.7 Å². The van der Waals surface area contributed by atoms with Gasteiger partial charge in [0.1, 0.15) is 17.4 Å². The van der Waals surface area contributed by atoms with E-state index in [1.165, 1.54) is 24.3 Å². The van der Waals surface area contributed by atoms with Crippen LogP contribution in [-0.4, -0.2) is 53.0 Å². The van der Waals surface area contributed by atoms with Crippen molar-refractivity contribution in [2.45, 2.75) is 25.1 Å². The molecule has 2 heterocycles. The molecule has 1 amide bonds. The van der Waals surface area contributed by atoms with Gasteiger partial charge in [0, 0.05) is 19.9 Å². The number of anilines is 1. The van der Waals surface area contributed by atoms with E-state index in [0.717, 1.165) is 6.42 Å². The third-order valence-corrected chi connectivity index (χ3v) is 4.26. The molecular formula is C17H21FN4O3. The molecule has 8 heteroatoms. The number of benzene rings is 1. The SMILES string of the molecule is CO[C@@H]1C[C@@H](Cn2ccc(N)n2)N(C(=O)COc2ccc(F)cc2)C1. The molecule has 1 aliphatic heterocycles. The largest absolute Gasteiger partial charge is 0.484 e. The van der Waals surface area contributed by atoms with E-state index < -0.39 is 0 Å². The highest BCUT2D eigenvalue weighted by Gasteiger charge is 2.35. The average molecular weight is 348 g/mol. The summed E-state index contributed by atoms with van der Waals surface area (Å²) >= 11 is 0. The molecule has 2 atom stereocenters. The van der Waals surface area contributed by atoms with Crippen LogP contribution in [0.3, 0.4) is 0 Å². The normalized spacial score (nSPS) is 20.0. The summed E-state index contributed by atoms with van der Waals surface area (Å²) in [7, 11) is 1.64. The van der Waals surface area contributed by atoms with Crippen molar-refractivity contribution < 1.29 is 18.7 Å². The van der Waals surface area contributed by atoms with Gasteiger partial charge in [-0.25, -0.2) is 4.39 Å². The molecule has 3 rings (SSSR count). The summed E-state index contributed by atoms with van der Waals surface area (Å²) in [5.41, 5.74) is 5.64. The van der Waals surface area contributed by atoms with Crippen LogP contribution in [0.15, 0.2) is 36.5 Å². The van der Waals surface area contributed by atoms with E-state index in [9.17, 15) is 9.18 Å². The maximum atomic E-state index is 12.9. The lowest BCUT2D eigenvalue weighted by atomic mass is 10.2. The molecule has 2 N–H and O–H groups in total. The molecule has 0 spiro atoms. The number of carbonyl (C=O) groups excluding carboxylic acids is 1. The van der Waals surface area contributed by atoms with Crippen molar-refractivity contribution in [3.8, 4) is 5.75 Å². The summed E-state index contributed by atoms with van der Waals surface area (Å²) in [6.07, 6.45) is 2.48. The lowest BCUT2D eigenvalue weighted by molar-refractivity contribution is -0.134. The molecule has 0 aliphatic carbocycles. The van der Waals surface area contributed by atoms with E-state index in [1.807, 2.05) is 0 Å². The van der Waals surface area contributed by atoms with E-state index in [-0.39, 0.29) is 30.5 Å². The van der Waals surface area contributed by atoms with Gasteiger partial charge < -0.3 is 20.1 Å². The number of nitrogens with zero attached hydrogens (tertiary/aromatic N) is 3. The van der Waals surface area contributed by atoms with E-state index >= 15 is 0 Å². The molecule has 1 aromatic carbocycles. The Balaban J connectivity index is 1.62. The van der Waals surface area contributed by atoms with Crippen LogP contribution in [0.5, 0.6) is 5.75 Å². The second-order valence-electron chi connectivity index (χ2n) is 6.00. The molecule has 0 bridgehead atoms. The van der Waals surface area contributed by atoms with Gasteiger partial charge in [-0.15, -0.1) is 0 Å². The summed E-state index contributed by atoms with van der Waals surface area (Å²) < 4.78 is 25.5. The topological polar surface area (TPSA) is 82.6 Å². The smallest absolute Gasteiger partial charge is 0.260 e. The molecule has 1 saturated heterocycles. The van der Waals surface area contributed by atoms with Gasteiger partial charge in [-0.1, -0.05) is 0 Å². The number of carbonyl (C=O) groups is 1. The predicted octanol–water partition coefficient (Wildman–Crippen LogP) is 1.30. The number of aromatic nitrogens is 2. The molecule has 2 aromatic rings. The van der Waals surface area contributed by atoms with Crippen molar-refractivity contribution in [2.75, 3.05) is 26.0 Å². The Kier molecular flexibility index (Phi) is 5.18. The number of halogens is 1. The number of nitrogen functional groups attached to an aromatic ring is 1. The minimum absolute atomic E-state index is 0.0207. The predicted molar refractivity (Wildman–Crippen MR) is 89.4 cm³/mol. The number of rotatable bonds is 6. The van der Waals surface area contributed by atoms with Crippen molar-refractivity contribution in [1.82, 2.24) is 14.7 Å². The van der Waals surface area contributed by atoms with Gasteiger partial charge in [0.05, 0.1) is 18.7 Å². The summed E-state index contributed by atoms with van der Waals surface area (Å²) in [5.74, 6) is 0.404. The number of nitrogens with two attached hydrogens (primary N) is 1. The first-order valence-electron chi connectivity index (χ1n) is 8.04. The van der Waals surface area contributed by atoms with Crippen LogP contribution in [0.1, 0.15) is 6.42 Å². The van der Waals surface area contributed by atoms with Crippen LogP contribution in [-0.2, 0) is 16.1 Å². The van der Waals surface area contributed by atoms with E-state index in [1.54, 1.807) is 29.0 Å². The zero-order valence-electron chi connectivity index (χ0n) is 14.0. The zero-order chi connectivity index (χ0) is 17.8. The Labute approximate surface area is 145 Å². The molecule has 0 unspecified atom stereocenters. The van der Waals surface area contributed by atoms with E-state index in [4.69, 9.17) is 15.2 Å². The number of hydrogen-bond donors (Lipinski definition) is 1. The lowest BCUT2D eigenvalue weighted by Crippen LogP contribution is -2.41. The highest BCUT2D eigenvalue weighted by atomic mass is 19.1. The van der Waals surface area contributed by atoms with Crippen LogP contribution in [0, 0.1) is 5.82 Å². The van der Waals surface area contributed by atoms with Crippen LogP contribution in [0.4, 0.5) is 10.2 Å². The molecule has 0 saturated carbocycles. The van der Waals surface area contributed by atoms with Crippen molar-refractivity contribution in [1.29, 1.82) is 0 Å². The maximum Gasteiger partial charge on any atom is 0.260 e. The first-order chi connectivity index (χ1) is 12.0. The molecule has 0 radical (unpaired) electrons. The van der Waals surface area contributed by atoms with Crippen molar-refractivity contribution in [3.05, 3.63) is 42.3 Å². The number of amides is 1. The minimum Gasteiger partial charge on any atom is -0.484 e. The molecule has 25 heavy (non-hydrogen) atoms. The van der Waals surface area contributed by atoms with Crippen molar-refractivity contribution >= 4 is 11.7 Å². The molecule has 134 valence electrons. The Morgan fingerprint density at radius 2 is 2.12 bits per heavy atom. The Hall–Kier alpha value is -2.61. The third kappa shape index (κ3) is 4.27. The summed E-state index contributed by atoms with van der Waals surface area (Å²) in [5, 5.41) is 4.17. The highest BCUT2D eigenvalue weighted by molar-refractivity contribution is 5.78. The van der Waals surface area contributed by atoms with E-state index in [2.05, 4.69) is 5.10 Å². The van der Waals surface area contributed by atoms with Gasteiger partial charge in [-0.3, -0.25) is 9.48 Å². The van der Waals surface area contributed by atoms with Gasteiger partial charge >= 0.3 is 0 Å². The van der Waals surface area contributed by atoms with Crippen LogP contribution >= 0.6 is 0 Å². The van der Waals surface area contributed by atoms with Crippen molar-refractivity contribution in [2.24, 2.45) is 0 Å². The van der Waals surface area contributed by atoms with Crippen molar-refractivity contribution in [3.63, 3.8) is 0 Å². The lowest BCUT2D eigenvalue weighted by Gasteiger charge is -2.24. The Morgan fingerprint density at radius 1 is 1.36 bits per heavy atom. The zero-order valence-corrected chi connectivity index (χ0v) is 14.0. The molecule has 1 fully saturated rings. The molecular weight excluding hydrogens is 327 g/mol. The summed E-state index contributed by atoms with van der Waals surface area (Å²) in [6.45, 7) is 0.933. The fraction of sp³-hybridized carbons (Fsp3) is 0.412. The highest BCUT2D eigenvalue weighted by Crippen LogP contribution is 2.22. The third-order valence-electron chi connectivity index (χ3n) is 4.26. The fourth-order valence-electron chi connectivity index (χ4n) is 2.98. The second kappa shape index (κ2) is 7.52.